The van der Waals surface area contributed by atoms with Gasteiger partial charge in [0.25, 0.3) is 0 Å². The van der Waals surface area contributed by atoms with Crippen LogP contribution < -0.4 is 0 Å². The van der Waals surface area contributed by atoms with E-state index in [1.807, 2.05) is 0 Å². The number of hydrogen-bond acceptors (Lipinski definition) is 1. The van der Waals surface area contributed by atoms with E-state index in [4.69, 9.17) is 4.74 Å². The van der Waals surface area contributed by atoms with Crippen molar-refractivity contribution >= 4 is 0 Å². The molecule has 1 nitrogen and oxygen atoms in total. The molecule has 1 heteroatoms. The molecule has 20 heavy (non-hydrogen) atoms. The summed E-state index contributed by atoms with van der Waals surface area (Å²) in [6.45, 7) is 14.3. The molecule has 118 valence electrons. The molecule has 0 aromatic heterocycles. The van der Waals surface area contributed by atoms with Crippen LogP contribution in [0.5, 0.6) is 0 Å². The van der Waals surface area contributed by atoms with Gasteiger partial charge in [0.1, 0.15) is 0 Å². The van der Waals surface area contributed by atoms with Crippen molar-refractivity contribution in [2.45, 2.75) is 92.1 Å². The van der Waals surface area contributed by atoms with E-state index in [9.17, 15) is 0 Å². The van der Waals surface area contributed by atoms with E-state index in [1.165, 1.54) is 44.9 Å². The van der Waals surface area contributed by atoms with Gasteiger partial charge in [0.05, 0.1) is 12.2 Å². The summed E-state index contributed by atoms with van der Waals surface area (Å²) in [5, 5.41) is 0. The van der Waals surface area contributed by atoms with Crippen molar-refractivity contribution in [3.63, 3.8) is 0 Å². The maximum Gasteiger partial charge on any atom is 0.0598 e. The van der Waals surface area contributed by atoms with Gasteiger partial charge in [0.15, 0.2) is 0 Å². The Bertz CT molecular complexity index is 295. The van der Waals surface area contributed by atoms with Gasteiger partial charge in [-0.1, -0.05) is 45.8 Å². The number of hydrogen-bond donors (Lipinski definition) is 0. The first kappa shape index (κ1) is 17.8. The van der Waals surface area contributed by atoms with Gasteiger partial charge in [-0.3, -0.25) is 0 Å². The Morgan fingerprint density at radius 1 is 1.00 bits per heavy atom. The van der Waals surface area contributed by atoms with Crippen LogP contribution in [-0.2, 0) is 4.74 Å². The predicted octanol–water partition coefficient (Wildman–Crippen LogP) is 6.13. The monoisotopic (exact) mass is 280 g/mol. The molecular formula is C19H36O. The highest BCUT2D eigenvalue weighted by Gasteiger charge is 2.34. The van der Waals surface area contributed by atoms with E-state index in [0.717, 1.165) is 6.61 Å². The van der Waals surface area contributed by atoms with Crippen LogP contribution in [0.15, 0.2) is 12.2 Å². The standard InChI is InChI=1S/C19H36O/c1-17(2,3)12-8-7-9-13-19(14-10-11-15-19)16-20-18(4,5)6/h8,12H,7,9-11,13-16H2,1-6H3. The molecule has 1 rings (SSSR count). The lowest BCUT2D eigenvalue weighted by Gasteiger charge is -2.32. The summed E-state index contributed by atoms with van der Waals surface area (Å²) in [7, 11) is 0. The fraction of sp³-hybridized carbons (Fsp3) is 0.895. The van der Waals surface area contributed by atoms with Crippen molar-refractivity contribution in [2.24, 2.45) is 10.8 Å². The first-order valence-corrected chi connectivity index (χ1v) is 8.44. The van der Waals surface area contributed by atoms with Crippen LogP contribution in [-0.4, -0.2) is 12.2 Å². The summed E-state index contributed by atoms with van der Waals surface area (Å²) >= 11 is 0. The first-order valence-electron chi connectivity index (χ1n) is 8.44. The van der Waals surface area contributed by atoms with Crippen LogP contribution in [0, 0.1) is 10.8 Å². The summed E-state index contributed by atoms with van der Waals surface area (Å²) in [4.78, 5) is 0. The average Bonchev–Trinajstić information content (AvgIpc) is 2.73. The molecule has 1 aliphatic rings. The van der Waals surface area contributed by atoms with Crippen molar-refractivity contribution in [1.29, 1.82) is 0 Å². The van der Waals surface area contributed by atoms with Crippen molar-refractivity contribution in [2.75, 3.05) is 6.61 Å². The Balaban J connectivity index is 2.38. The third-order valence-corrected chi connectivity index (χ3v) is 4.17. The molecule has 0 amide bonds. The van der Waals surface area contributed by atoms with Crippen LogP contribution in [0.25, 0.3) is 0 Å². The lowest BCUT2D eigenvalue weighted by Crippen LogP contribution is -2.30. The predicted molar refractivity (Wildman–Crippen MR) is 89.1 cm³/mol. The lowest BCUT2D eigenvalue weighted by atomic mass is 9.81. The highest BCUT2D eigenvalue weighted by molar-refractivity contribution is 4.93. The molecule has 0 aromatic rings. The van der Waals surface area contributed by atoms with Crippen molar-refractivity contribution in [3.05, 3.63) is 12.2 Å². The molecule has 0 aromatic carbocycles. The third-order valence-electron chi connectivity index (χ3n) is 4.17. The van der Waals surface area contributed by atoms with E-state index in [1.54, 1.807) is 0 Å². The van der Waals surface area contributed by atoms with Crippen LogP contribution in [0.3, 0.4) is 0 Å². The molecule has 0 heterocycles. The summed E-state index contributed by atoms with van der Waals surface area (Å²) in [5.74, 6) is 0. The second kappa shape index (κ2) is 7.11. The van der Waals surface area contributed by atoms with Crippen LogP contribution in [0.4, 0.5) is 0 Å². The topological polar surface area (TPSA) is 9.23 Å². The van der Waals surface area contributed by atoms with Gasteiger partial charge < -0.3 is 4.74 Å². The van der Waals surface area contributed by atoms with Gasteiger partial charge >= 0.3 is 0 Å². The second-order valence-electron chi connectivity index (χ2n) is 8.77. The normalized spacial score (nSPS) is 19.9. The van der Waals surface area contributed by atoms with Gasteiger partial charge in [-0.15, -0.1) is 0 Å². The first-order chi connectivity index (χ1) is 9.12. The molecule has 0 spiro atoms. The number of rotatable bonds is 6. The zero-order valence-electron chi connectivity index (χ0n) is 14.7. The molecule has 0 bridgehead atoms. The van der Waals surface area contributed by atoms with E-state index < -0.39 is 0 Å². The highest BCUT2D eigenvalue weighted by atomic mass is 16.5. The van der Waals surface area contributed by atoms with E-state index in [2.05, 4.69) is 53.7 Å². The molecule has 1 fully saturated rings. The molecule has 1 saturated carbocycles. The lowest BCUT2D eigenvalue weighted by molar-refractivity contribution is -0.0538. The SMILES string of the molecule is CC(C)(C)C=CCCCC1(COC(C)(C)C)CCCC1. The van der Waals surface area contributed by atoms with Crippen molar-refractivity contribution in [1.82, 2.24) is 0 Å². The summed E-state index contributed by atoms with van der Waals surface area (Å²) in [5.41, 5.74) is 0.797. The zero-order chi connectivity index (χ0) is 15.3. The number of ether oxygens (including phenoxy) is 1. The average molecular weight is 280 g/mol. The summed E-state index contributed by atoms with van der Waals surface area (Å²) in [6, 6.07) is 0. The number of allylic oxidation sites excluding steroid dienone is 2. The van der Waals surface area contributed by atoms with E-state index >= 15 is 0 Å². The van der Waals surface area contributed by atoms with Crippen LogP contribution >= 0.6 is 0 Å². The van der Waals surface area contributed by atoms with E-state index in [-0.39, 0.29) is 5.60 Å². The Morgan fingerprint density at radius 2 is 1.60 bits per heavy atom. The maximum absolute atomic E-state index is 6.11. The highest BCUT2D eigenvalue weighted by Crippen LogP contribution is 2.43. The fourth-order valence-electron chi connectivity index (χ4n) is 2.99. The molecule has 0 aliphatic heterocycles. The third kappa shape index (κ3) is 7.47. The Labute approximate surface area is 127 Å². The van der Waals surface area contributed by atoms with Crippen molar-refractivity contribution in [3.8, 4) is 0 Å². The van der Waals surface area contributed by atoms with Crippen molar-refractivity contribution < 1.29 is 4.74 Å². The van der Waals surface area contributed by atoms with Crippen LogP contribution in [0.2, 0.25) is 0 Å². The minimum atomic E-state index is 0.00171. The Morgan fingerprint density at radius 3 is 2.10 bits per heavy atom. The summed E-state index contributed by atoms with van der Waals surface area (Å²) in [6.07, 6.45) is 14.1. The van der Waals surface area contributed by atoms with Gasteiger partial charge in [-0.2, -0.15) is 0 Å². The van der Waals surface area contributed by atoms with Gasteiger partial charge in [-0.05, 0) is 63.7 Å². The van der Waals surface area contributed by atoms with E-state index in [0.29, 0.717) is 10.8 Å². The second-order valence-corrected chi connectivity index (χ2v) is 8.77. The molecule has 0 unspecified atom stereocenters. The summed E-state index contributed by atoms with van der Waals surface area (Å²) < 4.78 is 6.11. The molecular weight excluding hydrogens is 244 g/mol. The molecule has 0 N–H and O–H groups in total. The molecule has 0 radical (unpaired) electrons. The fourth-order valence-corrected chi connectivity index (χ4v) is 2.99. The van der Waals surface area contributed by atoms with Gasteiger partial charge in [0, 0.05) is 0 Å². The Hall–Kier alpha value is -0.300. The quantitative estimate of drug-likeness (QED) is 0.420. The van der Waals surface area contributed by atoms with Gasteiger partial charge in [-0.25, -0.2) is 0 Å². The minimum Gasteiger partial charge on any atom is -0.375 e. The Kier molecular flexibility index (Phi) is 6.31. The largest absolute Gasteiger partial charge is 0.375 e. The van der Waals surface area contributed by atoms with Crippen LogP contribution in [0.1, 0.15) is 86.5 Å². The zero-order valence-corrected chi connectivity index (χ0v) is 14.7. The number of unbranched alkanes of at least 4 members (excludes halogenated alkanes) is 1. The molecule has 0 atom stereocenters. The molecule has 1 aliphatic carbocycles. The maximum atomic E-state index is 6.11. The smallest absolute Gasteiger partial charge is 0.0598 e. The molecule has 0 saturated heterocycles. The van der Waals surface area contributed by atoms with Gasteiger partial charge in [0.2, 0.25) is 0 Å². The minimum absolute atomic E-state index is 0.00171.